The monoisotopic (exact) mass is 442 g/mol. The number of hydrogen-bond acceptors (Lipinski definition) is 6. The van der Waals surface area contributed by atoms with Crippen molar-refractivity contribution < 1.29 is 14.3 Å². The Hall–Kier alpha value is -3.26. The number of nitrogens with zero attached hydrogens (tertiary/aromatic N) is 1. The highest BCUT2D eigenvalue weighted by Gasteiger charge is 2.22. The highest BCUT2D eigenvalue weighted by Crippen LogP contribution is 2.34. The van der Waals surface area contributed by atoms with Gasteiger partial charge in [0.1, 0.15) is 11.6 Å². The fourth-order valence-electron chi connectivity index (χ4n) is 3.20. The van der Waals surface area contributed by atoms with Crippen LogP contribution < -0.4 is 20.9 Å². The Morgan fingerprint density at radius 1 is 1.32 bits per heavy atom. The number of carbonyl (C=O) groups excluding carboxylic acids is 1. The van der Waals surface area contributed by atoms with Gasteiger partial charge in [0.2, 0.25) is 0 Å². The zero-order chi connectivity index (χ0) is 22.0. The van der Waals surface area contributed by atoms with Gasteiger partial charge in [-0.05, 0) is 43.9 Å². The molecule has 0 bridgehead atoms. The van der Waals surface area contributed by atoms with Crippen molar-refractivity contribution >= 4 is 40.1 Å². The van der Waals surface area contributed by atoms with E-state index in [9.17, 15) is 9.59 Å². The number of halogens is 1. The van der Waals surface area contributed by atoms with Gasteiger partial charge in [0.15, 0.2) is 0 Å². The van der Waals surface area contributed by atoms with Crippen LogP contribution in [0, 0.1) is 5.92 Å². The van der Waals surface area contributed by atoms with Crippen molar-refractivity contribution in [2.75, 3.05) is 24.4 Å². The van der Waals surface area contributed by atoms with E-state index in [1.165, 1.54) is 20.0 Å². The predicted octanol–water partition coefficient (Wildman–Crippen LogP) is 4.72. The molecular formula is C22H23ClN4O4. The maximum Gasteiger partial charge on any atom is 0.411 e. The average molecular weight is 443 g/mol. The Labute approximate surface area is 183 Å². The number of nitrogens with one attached hydrogen (secondary N) is 3. The molecule has 2 aromatic heterocycles. The minimum Gasteiger partial charge on any atom is -0.492 e. The van der Waals surface area contributed by atoms with Gasteiger partial charge in [0.05, 0.1) is 30.3 Å². The van der Waals surface area contributed by atoms with Gasteiger partial charge in [-0.3, -0.25) is 10.1 Å². The average Bonchev–Trinajstić information content (AvgIpc) is 3.57. The van der Waals surface area contributed by atoms with E-state index in [0.717, 1.165) is 5.39 Å². The molecular weight excluding hydrogens is 420 g/mol. The summed E-state index contributed by atoms with van der Waals surface area (Å²) in [7, 11) is 1.29. The highest BCUT2D eigenvalue weighted by molar-refractivity contribution is 6.32. The van der Waals surface area contributed by atoms with Crippen molar-refractivity contribution in [3.05, 3.63) is 57.5 Å². The lowest BCUT2D eigenvalue weighted by Gasteiger charge is -2.16. The van der Waals surface area contributed by atoms with Gasteiger partial charge in [-0.25, -0.2) is 9.78 Å². The Bertz CT molecular complexity index is 1180. The number of pyridine rings is 2. The molecule has 1 aliphatic carbocycles. The molecule has 1 amide bonds. The largest absolute Gasteiger partial charge is 0.492 e. The second-order valence-corrected chi connectivity index (χ2v) is 8.00. The van der Waals surface area contributed by atoms with Crippen LogP contribution in [0.3, 0.4) is 0 Å². The molecule has 0 aliphatic heterocycles. The van der Waals surface area contributed by atoms with Crippen LogP contribution >= 0.6 is 11.6 Å². The van der Waals surface area contributed by atoms with Crippen molar-refractivity contribution in [3.8, 4) is 5.75 Å². The lowest BCUT2D eigenvalue weighted by molar-refractivity contribution is 0.187. The Balaban J connectivity index is 1.55. The van der Waals surface area contributed by atoms with Gasteiger partial charge in [0, 0.05) is 35.0 Å². The third-order valence-electron chi connectivity index (χ3n) is 5.12. The molecule has 31 heavy (non-hydrogen) atoms. The fourth-order valence-corrected chi connectivity index (χ4v) is 3.43. The number of amides is 1. The summed E-state index contributed by atoms with van der Waals surface area (Å²) < 4.78 is 10.4. The van der Waals surface area contributed by atoms with Crippen LogP contribution in [0.15, 0.2) is 41.3 Å². The first-order valence-corrected chi connectivity index (χ1v) is 10.4. The molecule has 2 heterocycles. The molecule has 4 rings (SSSR count). The summed E-state index contributed by atoms with van der Waals surface area (Å²) in [5.41, 5.74) is 1.50. The van der Waals surface area contributed by atoms with Gasteiger partial charge in [0.25, 0.3) is 5.56 Å². The minimum absolute atomic E-state index is 0.216. The summed E-state index contributed by atoms with van der Waals surface area (Å²) in [5, 5.41) is 7.07. The van der Waals surface area contributed by atoms with Gasteiger partial charge >= 0.3 is 6.09 Å². The van der Waals surface area contributed by atoms with E-state index in [0.29, 0.717) is 45.9 Å². The number of hydrogen-bond donors (Lipinski definition) is 3. The first-order valence-electron chi connectivity index (χ1n) is 10.00. The Morgan fingerprint density at radius 3 is 2.87 bits per heavy atom. The molecule has 0 spiro atoms. The normalized spacial score (nSPS) is 14.2. The summed E-state index contributed by atoms with van der Waals surface area (Å²) in [6.45, 7) is 2.50. The Kier molecular flexibility index (Phi) is 5.99. The molecule has 1 atom stereocenters. The molecule has 3 aromatic rings. The number of rotatable bonds is 7. The number of H-pyrrole nitrogens is 1. The van der Waals surface area contributed by atoms with Crippen molar-refractivity contribution in [2.24, 2.45) is 5.92 Å². The second kappa shape index (κ2) is 8.85. The van der Waals surface area contributed by atoms with Gasteiger partial charge in [-0.2, -0.15) is 0 Å². The van der Waals surface area contributed by atoms with Crippen molar-refractivity contribution in [3.63, 3.8) is 0 Å². The second-order valence-electron chi connectivity index (χ2n) is 7.59. The van der Waals surface area contributed by atoms with Crippen molar-refractivity contribution in [2.45, 2.75) is 25.8 Å². The van der Waals surface area contributed by atoms with E-state index >= 15 is 0 Å². The maximum absolute atomic E-state index is 12.7. The predicted molar refractivity (Wildman–Crippen MR) is 120 cm³/mol. The number of fused-ring (bicyclic) bond motifs is 1. The number of aromatic nitrogens is 2. The molecule has 1 fully saturated rings. The van der Waals surface area contributed by atoms with E-state index in [-0.39, 0.29) is 11.6 Å². The van der Waals surface area contributed by atoms with Crippen LogP contribution in [0.25, 0.3) is 10.9 Å². The van der Waals surface area contributed by atoms with Crippen LogP contribution in [0.5, 0.6) is 5.75 Å². The number of carbonyl (C=O) groups is 1. The summed E-state index contributed by atoms with van der Waals surface area (Å²) in [6, 6.07) is 8.32. The smallest absolute Gasteiger partial charge is 0.411 e. The molecule has 9 heteroatoms. The standard InChI is InChI=1S/C22H23ClN4O4/c1-12(25-20-9-15(5-6-24-20)26-22(29)30-2)16-7-14-8-17(23)19(31-11-13-3-4-13)10-18(14)27-21(16)28/h5-10,12-13H,3-4,11H2,1-2H3,(H,27,28)(H2,24,25,26,29)/t12-/m0/s1. The molecule has 1 aliphatic rings. The first-order chi connectivity index (χ1) is 14.9. The molecule has 0 saturated heterocycles. The number of methoxy groups -OCH3 is 1. The summed E-state index contributed by atoms with van der Waals surface area (Å²) in [6.07, 6.45) is 3.35. The number of benzene rings is 1. The van der Waals surface area contributed by atoms with Crippen LogP contribution in [-0.4, -0.2) is 29.8 Å². The van der Waals surface area contributed by atoms with E-state index in [4.69, 9.17) is 16.3 Å². The quantitative estimate of drug-likeness (QED) is 0.489. The molecule has 0 radical (unpaired) electrons. The Morgan fingerprint density at radius 2 is 2.13 bits per heavy atom. The van der Waals surface area contributed by atoms with Crippen LogP contribution in [-0.2, 0) is 4.74 Å². The summed E-state index contributed by atoms with van der Waals surface area (Å²) >= 11 is 6.39. The molecule has 162 valence electrons. The number of aromatic amines is 1. The lowest BCUT2D eigenvalue weighted by atomic mass is 10.1. The van der Waals surface area contributed by atoms with Gasteiger partial charge in [-0.15, -0.1) is 0 Å². The number of ether oxygens (including phenoxy) is 2. The zero-order valence-corrected chi connectivity index (χ0v) is 18.0. The molecule has 1 aromatic carbocycles. The lowest BCUT2D eigenvalue weighted by Crippen LogP contribution is -2.20. The summed E-state index contributed by atoms with van der Waals surface area (Å²) in [5.74, 6) is 1.69. The van der Waals surface area contributed by atoms with Gasteiger partial charge in [-0.1, -0.05) is 11.6 Å². The third kappa shape index (κ3) is 5.08. The molecule has 8 nitrogen and oxygen atoms in total. The van der Waals surface area contributed by atoms with Crippen LogP contribution in [0.2, 0.25) is 5.02 Å². The maximum atomic E-state index is 12.7. The zero-order valence-electron chi connectivity index (χ0n) is 17.2. The third-order valence-corrected chi connectivity index (χ3v) is 5.41. The van der Waals surface area contributed by atoms with E-state index in [2.05, 4.69) is 25.3 Å². The highest BCUT2D eigenvalue weighted by atomic mass is 35.5. The van der Waals surface area contributed by atoms with Crippen LogP contribution in [0.4, 0.5) is 16.3 Å². The fraction of sp³-hybridized carbons (Fsp3) is 0.318. The van der Waals surface area contributed by atoms with E-state index < -0.39 is 6.09 Å². The van der Waals surface area contributed by atoms with E-state index in [1.54, 1.807) is 36.5 Å². The van der Waals surface area contributed by atoms with Gasteiger partial charge < -0.3 is 19.8 Å². The first kappa shape index (κ1) is 21.0. The summed E-state index contributed by atoms with van der Waals surface area (Å²) in [4.78, 5) is 31.3. The van der Waals surface area contributed by atoms with Crippen molar-refractivity contribution in [1.82, 2.24) is 9.97 Å². The minimum atomic E-state index is -0.575. The SMILES string of the molecule is COC(=O)Nc1ccnc(N[C@@H](C)c2cc3cc(Cl)c(OCC4CC4)cc3[nH]c2=O)c1. The van der Waals surface area contributed by atoms with Crippen LogP contribution in [0.1, 0.15) is 31.4 Å². The topological polar surface area (TPSA) is 105 Å². The molecule has 0 unspecified atom stereocenters. The molecule has 3 N–H and O–H groups in total. The number of anilines is 2. The molecule has 1 saturated carbocycles. The van der Waals surface area contributed by atoms with E-state index in [1.807, 2.05) is 6.92 Å². The van der Waals surface area contributed by atoms with Crippen molar-refractivity contribution in [1.29, 1.82) is 0 Å².